The summed E-state index contributed by atoms with van der Waals surface area (Å²) in [6.07, 6.45) is 4.90. The molecule has 3 rings (SSSR count). The lowest BCUT2D eigenvalue weighted by Gasteiger charge is -2.39. The predicted octanol–water partition coefficient (Wildman–Crippen LogP) is 0.651. The molecule has 0 saturated carbocycles. The van der Waals surface area contributed by atoms with Gasteiger partial charge in [0.1, 0.15) is 0 Å². The molecule has 0 bridgehead atoms. The van der Waals surface area contributed by atoms with Crippen molar-refractivity contribution in [2.75, 3.05) is 26.9 Å². The van der Waals surface area contributed by atoms with Gasteiger partial charge in [-0.25, -0.2) is 0 Å². The van der Waals surface area contributed by atoms with E-state index in [-0.39, 0.29) is 11.6 Å². The maximum Gasteiger partial charge on any atom is 0.0996 e. The lowest BCUT2D eigenvalue weighted by atomic mass is 9.80. The van der Waals surface area contributed by atoms with E-state index in [1.165, 1.54) is 0 Å². The highest BCUT2D eigenvalue weighted by Gasteiger charge is 2.43. The van der Waals surface area contributed by atoms with Crippen molar-refractivity contribution in [2.24, 2.45) is 5.92 Å². The van der Waals surface area contributed by atoms with Crippen LogP contribution < -0.4 is 5.32 Å². The molecule has 18 heavy (non-hydrogen) atoms. The first-order valence-electron chi connectivity index (χ1n) is 6.58. The molecule has 6 heteroatoms. The molecule has 0 radical (unpaired) electrons. The van der Waals surface area contributed by atoms with Gasteiger partial charge in [-0.1, -0.05) is 0 Å². The first-order chi connectivity index (χ1) is 8.83. The van der Waals surface area contributed by atoms with Crippen LogP contribution in [0.5, 0.6) is 0 Å². The van der Waals surface area contributed by atoms with Crippen molar-refractivity contribution >= 4 is 0 Å². The van der Waals surface area contributed by atoms with Crippen molar-refractivity contribution in [2.45, 2.75) is 30.9 Å². The molecule has 2 saturated heterocycles. The van der Waals surface area contributed by atoms with Gasteiger partial charge in [-0.2, -0.15) is 15.4 Å². The first-order valence-corrected chi connectivity index (χ1v) is 6.58. The van der Waals surface area contributed by atoms with Crippen molar-refractivity contribution in [1.82, 2.24) is 20.7 Å². The predicted molar refractivity (Wildman–Crippen MR) is 65.0 cm³/mol. The summed E-state index contributed by atoms with van der Waals surface area (Å²) in [4.78, 5) is 0. The van der Waals surface area contributed by atoms with Gasteiger partial charge in [-0.15, -0.1) is 0 Å². The van der Waals surface area contributed by atoms with Gasteiger partial charge in [0.15, 0.2) is 0 Å². The molecule has 3 unspecified atom stereocenters. The number of nitrogens with zero attached hydrogens (tertiary/aromatic N) is 2. The summed E-state index contributed by atoms with van der Waals surface area (Å²) in [6, 6.07) is 0.241. The summed E-state index contributed by atoms with van der Waals surface area (Å²) in [7, 11) is 1.98. The Bertz CT molecular complexity index is 375. The molecular formula is C12H20N4O2. The van der Waals surface area contributed by atoms with Crippen LogP contribution in [0.25, 0.3) is 0 Å². The average Bonchev–Trinajstić information content (AvgIpc) is 3.03. The fourth-order valence-electron chi connectivity index (χ4n) is 3.20. The third-order valence-electron chi connectivity index (χ3n) is 4.13. The van der Waals surface area contributed by atoms with E-state index in [1.807, 2.05) is 7.05 Å². The molecule has 0 amide bonds. The number of hydrogen-bond donors (Lipinski definition) is 2. The molecule has 100 valence electrons. The van der Waals surface area contributed by atoms with E-state index < -0.39 is 0 Å². The lowest BCUT2D eigenvalue weighted by Crippen LogP contribution is -2.43. The molecule has 1 aromatic heterocycles. The van der Waals surface area contributed by atoms with Gasteiger partial charge in [0.05, 0.1) is 30.1 Å². The molecular weight excluding hydrogens is 232 g/mol. The molecule has 0 aromatic carbocycles. The van der Waals surface area contributed by atoms with E-state index in [1.54, 1.807) is 6.20 Å². The van der Waals surface area contributed by atoms with Gasteiger partial charge in [-0.3, -0.25) is 0 Å². The number of aromatic nitrogens is 3. The Morgan fingerprint density at radius 3 is 3.17 bits per heavy atom. The van der Waals surface area contributed by atoms with Gasteiger partial charge >= 0.3 is 0 Å². The smallest absolute Gasteiger partial charge is 0.0996 e. The third kappa shape index (κ3) is 2.15. The SMILES string of the molecule is CNC(c1cn[nH]n1)C1CCOC2(CCOC2)C1. The molecule has 0 aliphatic carbocycles. The Morgan fingerprint density at radius 1 is 1.56 bits per heavy atom. The zero-order chi connectivity index (χ0) is 12.4. The zero-order valence-electron chi connectivity index (χ0n) is 10.7. The Morgan fingerprint density at radius 2 is 2.50 bits per heavy atom. The summed E-state index contributed by atoms with van der Waals surface area (Å²) in [5, 5.41) is 14.2. The summed E-state index contributed by atoms with van der Waals surface area (Å²) < 4.78 is 11.5. The van der Waals surface area contributed by atoms with Crippen LogP contribution in [0.15, 0.2) is 6.20 Å². The third-order valence-corrected chi connectivity index (χ3v) is 4.13. The Balaban J connectivity index is 1.74. The largest absolute Gasteiger partial charge is 0.378 e. The Hall–Kier alpha value is -0.980. The van der Waals surface area contributed by atoms with Gasteiger partial charge in [0.25, 0.3) is 0 Å². The van der Waals surface area contributed by atoms with Crippen molar-refractivity contribution < 1.29 is 9.47 Å². The molecule has 2 aliphatic heterocycles. The normalized spacial score (nSPS) is 33.9. The quantitative estimate of drug-likeness (QED) is 0.826. The fourth-order valence-corrected chi connectivity index (χ4v) is 3.20. The van der Waals surface area contributed by atoms with Gasteiger partial charge in [0, 0.05) is 19.6 Å². The minimum Gasteiger partial charge on any atom is -0.378 e. The molecule has 2 aliphatic rings. The minimum atomic E-state index is -0.0538. The number of aromatic amines is 1. The monoisotopic (exact) mass is 252 g/mol. The summed E-state index contributed by atoms with van der Waals surface area (Å²) in [5.74, 6) is 0.524. The van der Waals surface area contributed by atoms with E-state index in [2.05, 4.69) is 20.7 Å². The zero-order valence-corrected chi connectivity index (χ0v) is 10.7. The topological polar surface area (TPSA) is 72.1 Å². The molecule has 6 nitrogen and oxygen atoms in total. The molecule has 1 aromatic rings. The highest BCUT2D eigenvalue weighted by Crippen LogP contribution is 2.40. The maximum absolute atomic E-state index is 5.97. The van der Waals surface area contributed by atoms with Crippen molar-refractivity contribution in [1.29, 1.82) is 0 Å². The highest BCUT2D eigenvalue weighted by molar-refractivity contribution is 5.04. The lowest BCUT2D eigenvalue weighted by molar-refractivity contribution is -0.103. The van der Waals surface area contributed by atoms with Crippen LogP contribution in [0.4, 0.5) is 0 Å². The number of nitrogens with one attached hydrogen (secondary N) is 2. The number of H-pyrrole nitrogens is 1. The molecule has 3 heterocycles. The van der Waals surface area contributed by atoms with E-state index in [0.29, 0.717) is 5.92 Å². The second-order valence-corrected chi connectivity index (χ2v) is 5.25. The number of hydrogen-bond acceptors (Lipinski definition) is 5. The second kappa shape index (κ2) is 4.95. The van der Waals surface area contributed by atoms with Crippen LogP contribution in [0, 0.1) is 5.92 Å². The van der Waals surface area contributed by atoms with Crippen molar-refractivity contribution in [3.05, 3.63) is 11.9 Å². The molecule has 2 fully saturated rings. The van der Waals surface area contributed by atoms with Crippen molar-refractivity contribution in [3.63, 3.8) is 0 Å². The van der Waals surface area contributed by atoms with Crippen LogP contribution in [0.3, 0.4) is 0 Å². The van der Waals surface area contributed by atoms with Crippen molar-refractivity contribution in [3.8, 4) is 0 Å². The fraction of sp³-hybridized carbons (Fsp3) is 0.833. The standard InChI is InChI=1S/C12H20N4O2/c1-13-11(10-7-14-16-15-10)9-2-4-18-12(6-9)3-5-17-8-12/h7,9,11,13H,2-6,8H2,1H3,(H,14,15,16). The highest BCUT2D eigenvalue weighted by atomic mass is 16.6. The second-order valence-electron chi connectivity index (χ2n) is 5.25. The number of rotatable bonds is 3. The average molecular weight is 252 g/mol. The maximum atomic E-state index is 5.97. The Labute approximate surface area is 106 Å². The van der Waals surface area contributed by atoms with Crippen LogP contribution in [-0.2, 0) is 9.47 Å². The first kappa shape index (κ1) is 12.1. The van der Waals surface area contributed by atoms with Crippen LogP contribution in [-0.4, -0.2) is 47.9 Å². The summed E-state index contributed by atoms with van der Waals surface area (Å²) in [5.41, 5.74) is 0.931. The van der Waals surface area contributed by atoms with E-state index in [0.717, 1.165) is 44.8 Å². The van der Waals surface area contributed by atoms with Gasteiger partial charge < -0.3 is 14.8 Å². The van der Waals surface area contributed by atoms with E-state index in [9.17, 15) is 0 Å². The van der Waals surface area contributed by atoms with Gasteiger partial charge in [0.2, 0.25) is 0 Å². The minimum absolute atomic E-state index is 0.0538. The van der Waals surface area contributed by atoms with E-state index >= 15 is 0 Å². The van der Waals surface area contributed by atoms with Gasteiger partial charge in [-0.05, 0) is 25.8 Å². The van der Waals surface area contributed by atoms with Crippen LogP contribution in [0.1, 0.15) is 31.0 Å². The molecule has 2 N–H and O–H groups in total. The molecule has 3 atom stereocenters. The van der Waals surface area contributed by atoms with Crippen LogP contribution in [0.2, 0.25) is 0 Å². The molecule has 1 spiro atoms. The number of ether oxygens (including phenoxy) is 2. The van der Waals surface area contributed by atoms with Crippen LogP contribution >= 0.6 is 0 Å². The summed E-state index contributed by atoms with van der Waals surface area (Å²) >= 11 is 0. The Kier molecular flexibility index (Phi) is 3.32. The van der Waals surface area contributed by atoms with E-state index in [4.69, 9.17) is 9.47 Å². The summed E-state index contributed by atoms with van der Waals surface area (Å²) in [6.45, 7) is 2.36.